The third-order valence-corrected chi connectivity index (χ3v) is 7.45. The van der Waals surface area contributed by atoms with Gasteiger partial charge in [-0.2, -0.15) is 0 Å². The first-order chi connectivity index (χ1) is 18.3. The van der Waals surface area contributed by atoms with E-state index in [1.807, 2.05) is 75.4 Å². The summed E-state index contributed by atoms with van der Waals surface area (Å²) in [4.78, 5) is 47.0. The molecule has 7 nitrogen and oxygen atoms in total. The van der Waals surface area contributed by atoms with Gasteiger partial charge in [-0.3, -0.25) is 14.4 Å². The fourth-order valence-corrected chi connectivity index (χ4v) is 5.27. The summed E-state index contributed by atoms with van der Waals surface area (Å²) in [7, 11) is 0. The van der Waals surface area contributed by atoms with Gasteiger partial charge in [-0.05, 0) is 43.6 Å². The van der Waals surface area contributed by atoms with E-state index in [2.05, 4.69) is 5.32 Å². The van der Waals surface area contributed by atoms with Crippen molar-refractivity contribution in [3.8, 4) is 0 Å². The number of unbranched alkanes of at least 4 members (excludes halogenated alkanes) is 1. The van der Waals surface area contributed by atoms with Crippen molar-refractivity contribution in [1.82, 2.24) is 5.32 Å². The van der Waals surface area contributed by atoms with E-state index in [4.69, 9.17) is 10.7 Å². The van der Waals surface area contributed by atoms with Crippen molar-refractivity contribution in [2.75, 3.05) is 11.4 Å². The van der Waals surface area contributed by atoms with Crippen molar-refractivity contribution in [1.29, 1.82) is 0 Å². The number of rotatable bonds is 12. The smallest absolute Gasteiger partial charge is 0.272 e. The second kappa shape index (κ2) is 12.4. The number of carbonyl (C=O) groups excluding carboxylic acids is 3. The highest BCUT2D eigenvalue weighted by Crippen LogP contribution is 2.35. The maximum atomic E-state index is 14.0. The molecule has 0 radical (unpaired) electrons. The molecule has 0 spiro atoms. The molecule has 38 heavy (non-hydrogen) atoms. The molecule has 2 aromatic rings. The van der Waals surface area contributed by atoms with Crippen molar-refractivity contribution >= 4 is 29.1 Å². The molecule has 4 rings (SSSR count). The molecular weight excluding hydrogens is 476 g/mol. The Kier molecular flexibility index (Phi) is 8.97. The van der Waals surface area contributed by atoms with Crippen LogP contribution in [0.3, 0.4) is 0 Å². The number of anilines is 1. The number of benzene rings is 2. The molecule has 1 aliphatic heterocycles. The molecule has 3 unspecified atom stereocenters. The van der Waals surface area contributed by atoms with Crippen LogP contribution >= 0.6 is 0 Å². The van der Waals surface area contributed by atoms with Crippen molar-refractivity contribution in [3.05, 3.63) is 65.7 Å². The van der Waals surface area contributed by atoms with Gasteiger partial charge >= 0.3 is 0 Å². The first-order valence-corrected chi connectivity index (χ1v) is 13.9. The van der Waals surface area contributed by atoms with Crippen LogP contribution in [0.25, 0.3) is 0 Å². The molecule has 3 atom stereocenters. The lowest BCUT2D eigenvalue weighted by molar-refractivity contribution is -0.136. The number of nitrogens with two attached hydrogens (primary N) is 1. The number of nitrogens with one attached hydrogen (secondary N) is 1. The summed E-state index contributed by atoms with van der Waals surface area (Å²) >= 11 is 0. The van der Waals surface area contributed by atoms with Crippen LogP contribution in [0.5, 0.6) is 0 Å². The number of nitrogens with zero attached hydrogens (tertiary/aromatic N) is 2. The van der Waals surface area contributed by atoms with Crippen LogP contribution in [-0.4, -0.2) is 36.1 Å². The molecule has 2 aliphatic rings. The van der Waals surface area contributed by atoms with Crippen LogP contribution in [0.4, 0.5) is 5.69 Å². The number of para-hydroxylation sites is 1. The summed E-state index contributed by atoms with van der Waals surface area (Å²) in [5.41, 5.74) is 9.00. The molecule has 1 heterocycles. The Morgan fingerprint density at radius 3 is 2.37 bits per heavy atom. The number of amides is 3. The number of hydrogen-bond donors (Lipinski definition) is 2. The monoisotopic (exact) mass is 516 g/mol. The van der Waals surface area contributed by atoms with Gasteiger partial charge in [0.2, 0.25) is 18.0 Å². The molecule has 0 aromatic heterocycles. The van der Waals surface area contributed by atoms with Crippen molar-refractivity contribution in [3.63, 3.8) is 0 Å². The largest absolute Gasteiger partial charge is 0.369 e. The van der Waals surface area contributed by atoms with Gasteiger partial charge < -0.3 is 16.0 Å². The minimum atomic E-state index is -1.10. The van der Waals surface area contributed by atoms with Gasteiger partial charge in [-0.1, -0.05) is 82.1 Å². The summed E-state index contributed by atoms with van der Waals surface area (Å²) in [5.74, 6) is -1.65. The Balaban J connectivity index is 1.73. The van der Waals surface area contributed by atoms with E-state index in [0.29, 0.717) is 31.0 Å². The van der Waals surface area contributed by atoms with Gasteiger partial charge in [0.15, 0.2) is 0 Å². The molecule has 1 saturated carbocycles. The van der Waals surface area contributed by atoms with Crippen LogP contribution in [0, 0.1) is 23.7 Å². The van der Waals surface area contributed by atoms with Crippen molar-refractivity contribution < 1.29 is 14.4 Å². The van der Waals surface area contributed by atoms with Gasteiger partial charge in [0.05, 0.1) is 11.4 Å². The maximum absolute atomic E-state index is 14.0. The Morgan fingerprint density at radius 2 is 1.74 bits per heavy atom. The summed E-state index contributed by atoms with van der Waals surface area (Å²) in [6.45, 7) is 6.69. The summed E-state index contributed by atoms with van der Waals surface area (Å²) in [6.07, 6.45) is 3.84. The van der Waals surface area contributed by atoms with Gasteiger partial charge in [0.1, 0.15) is 0 Å². The van der Waals surface area contributed by atoms with Crippen LogP contribution < -0.4 is 16.0 Å². The molecule has 3 N–H and O–H groups in total. The minimum Gasteiger partial charge on any atom is -0.369 e. The van der Waals surface area contributed by atoms with E-state index in [-0.39, 0.29) is 17.7 Å². The maximum Gasteiger partial charge on any atom is 0.272 e. The number of hydrogen-bond acceptors (Lipinski definition) is 4. The highest BCUT2D eigenvalue weighted by molar-refractivity contribution is 6.20. The Hall–Kier alpha value is -3.48. The highest BCUT2D eigenvalue weighted by Gasteiger charge is 2.39. The number of benzodiazepines with no additional fused rings is 1. The Bertz CT molecular complexity index is 1170. The van der Waals surface area contributed by atoms with Gasteiger partial charge in [-0.15, -0.1) is 0 Å². The predicted octanol–water partition coefficient (Wildman–Crippen LogP) is 4.68. The molecule has 0 saturated heterocycles. The minimum absolute atomic E-state index is 0.179. The van der Waals surface area contributed by atoms with E-state index in [0.717, 1.165) is 42.5 Å². The molecule has 1 aliphatic carbocycles. The molecular formula is C31H40N4O3. The lowest BCUT2D eigenvalue weighted by atomic mass is 9.81. The van der Waals surface area contributed by atoms with Gasteiger partial charge in [0, 0.05) is 29.5 Å². The summed E-state index contributed by atoms with van der Waals surface area (Å²) in [6, 6.07) is 17.5. The molecule has 2 aromatic carbocycles. The third-order valence-electron chi connectivity index (χ3n) is 7.45. The third kappa shape index (κ3) is 6.50. The standard InChI is InChI=1S/C31H40N4O3/c1-4-5-13-23(28(32)36)25(18-20(2)3)30(37)34-29-31(38)35(19-21-16-17-21)26-15-10-9-14-24(26)27(33-29)22-11-7-6-8-12-22/h6-12,14-15,20-21,23,25,29H,4-5,13,16-19H2,1-3H3,(H2,32,36)(H,34,37). The highest BCUT2D eigenvalue weighted by atomic mass is 16.2. The predicted molar refractivity (Wildman–Crippen MR) is 151 cm³/mol. The van der Waals surface area contributed by atoms with Gasteiger partial charge in [0.25, 0.3) is 5.91 Å². The van der Waals surface area contributed by atoms with E-state index in [9.17, 15) is 14.4 Å². The second-order valence-electron chi connectivity index (χ2n) is 11.1. The first-order valence-electron chi connectivity index (χ1n) is 13.9. The summed E-state index contributed by atoms with van der Waals surface area (Å²) < 4.78 is 0. The van der Waals surface area contributed by atoms with Crippen LogP contribution in [0.1, 0.15) is 70.4 Å². The Morgan fingerprint density at radius 1 is 1.05 bits per heavy atom. The molecule has 3 amide bonds. The zero-order valence-corrected chi connectivity index (χ0v) is 22.7. The number of fused-ring (bicyclic) bond motifs is 1. The SMILES string of the molecule is CCCCC(C(N)=O)C(CC(C)C)C(=O)NC1N=C(c2ccccc2)c2ccccc2N(CC2CC2)C1=O. The summed E-state index contributed by atoms with van der Waals surface area (Å²) in [5, 5.41) is 2.96. The average Bonchev–Trinajstić information content (AvgIpc) is 3.74. The van der Waals surface area contributed by atoms with Crippen LogP contribution in [-0.2, 0) is 14.4 Å². The molecule has 1 fully saturated rings. The number of aliphatic imine (C=N–C) groups is 1. The first kappa shape index (κ1) is 27.6. The normalized spacial score (nSPS) is 18.8. The molecule has 202 valence electrons. The fourth-order valence-electron chi connectivity index (χ4n) is 5.27. The molecule has 0 bridgehead atoms. The van der Waals surface area contributed by atoms with Crippen molar-refractivity contribution in [2.45, 2.75) is 65.5 Å². The van der Waals surface area contributed by atoms with Crippen molar-refractivity contribution in [2.24, 2.45) is 34.4 Å². The zero-order valence-electron chi connectivity index (χ0n) is 22.7. The van der Waals surface area contributed by atoms with Crippen LogP contribution in [0.2, 0.25) is 0 Å². The lowest BCUT2D eigenvalue weighted by Gasteiger charge is -2.29. The number of carbonyl (C=O) groups is 3. The second-order valence-corrected chi connectivity index (χ2v) is 11.1. The quantitative estimate of drug-likeness (QED) is 0.428. The van der Waals surface area contributed by atoms with E-state index in [1.54, 1.807) is 4.90 Å². The Labute approximate surface area is 225 Å². The fraction of sp³-hybridized carbons (Fsp3) is 0.484. The van der Waals surface area contributed by atoms with Crippen LogP contribution in [0.15, 0.2) is 59.6 Å². The zero-order chi connectivity index (χ0) is 27.2. The van der Waals surface area contributed by atoms with E-state index in [1.165, 1.54) is 0 Å². The average molecular weight is 517 g/mol. The topological polar surface area (TPSA) is 105 Å². The molecule has 7 heteroatoms. The number of primary amides is 1. The van der Waals surface area contributed by atoms with E-state index >= 15 is 0 Å². The van der Waals surface area contributed by atoms with Gasteiger partial charge in [-0.25, -0.2) is 4.99 Å². The lowest BCUT2D eigenvalue weighted by Crippen LogP contribution is -2.51. The van der Waals surface area contributed by atoms with E-state index < -0.39 is 23.9 Å².